The average Bonchev–Trinajstić information content (AvgIpc) is 2.86. The van der Waals surface area contributed by atoms with Crippen molar-refractivity contribution in [2.75, 3.05) is 23.9 Å². The maximum atomic E-state index is 4.53. The largest absolute Gasteiger partial charge is 0.385 e. The number of anilines is 1. The molecule has 1 aromatic carbocycles. The highest BCUT2D eigenvalue weighted by atomic mass is 32.2. The van der Waals surface area contributed by atoms with E-state index in [-0.39, 0.29) is 0 Å². The monoisotopic (exact) mass is 292 g/mol. The molecule has 0 bridgehead atoms. The molecule has 4 heteroatoms. The van der Waals surface area contributed by atoms with Crippen LogP contribution in [0.3, 0.4) is 0 Å². The van der Waals surface area contributed by atoms with Crippen molar-refractivity contribution >= 4 is 28.8 Å². The Labute approximate surface area is 123 Å². The fourth-order valence-electron chi connectivity index (χ4n) is 1.89. The molecule has 0 aliphatic rings. The minimum absolute atomic E-state index is 1.04. The molecule has 0 spiro atoms. The van der Waals surface area contributed by atoms with Gasteiger partial charge in [-0.1, -0.05) is 12.1 Å². The number of aryl methyl sites for hydroxylation is 1. The predicted molar refractivity (Wildman–Crippen MR) is 88.4 cm³/mol. The van der Waals surface area contributed by atoms with Crippen molar-refractivity contribution < 1.29 is 0 Å². The summed E-state index contributed by atoms with van der Waals surface area (Å²) >= 11 is 3.61. The van der Waals surface area contributed by atoms with E-state index in [1.54, 1.807) is 11.3 Å². The van der Waals surface area contributed by atoms with Gasteiger partial charge in [0.15, 0.2) is 0 Å². The molecule has 0 amide bonds. The van der Waals surface area contributed by atoms with E-state index in [1.807, 2.05) is 18.7 Å². The molecule has 0 aliphatic carbocycles. The van der Waals surface area contributed by atoms with Crippen molar-refractivity contribution in [2.24, 2.45) is 0 Å². The van der Waals surface area contributed by atoms with Crippen molar-refractivity contribution in [1.29, 1.82) is 0 Å². The number of nitrogens with zero attached hydrogens (tertiary/aromatic N) is 1. The highest BCUT2D eigenvalue weighted by molar-refractivity contribution is 7.98. The van der Waals surface area contributed by atoms with E-state index in [0.29, 0.717) is 0 Å². The number of hydrogen-bond donors (Lipinski definition) is 1. The van der Waals surface area contributed by atoms with Crippen molar-refractivity contribution in [1.82, 2.24) is 4.98 Å². The van der Waals surface area contributed by atoms with E-state index in [4.69, 9.17) is 0 Å². The van der Waals surface area contributed by atoms with E-state index in [0.717, 1.165) is 17.2 Å². The minimum atomic E-state index is 1.04. The van der Waals surface area contributed by atoms with Gasteiger partial charge in [0.2, 0.25) is 0 Å². The van der Waals surface area contributed by atoms with Crippen LogP contribution in [0, 0.1) is 6.92 Å². The maximum Gasteiger partial charge on any atom is 0.0901 e. The van der Waals surface area contributed by atoms with Crippen LogP contribution in [0.1, 0.15) is 17.8 Å². The van der Waals surface area contributed by atoms with Crippen LogP contribution in [0.15, 0.2) is 29.6 Å². The van der Waals surface area contributed by atoms with Crippen LogP contribution < -0.4 is 5.32 Å². The third kappa shape index (κ3) is 4.55. The molecular formula is C15H20N2S2. The molecule has 0 atom stereocenters. The van der Waals surface area contributed by atoms with Gasteiger partial charge < -0.3 is 5.32 Å². The van der Waals surface area contributed by atoms with Crippen LogP contribution in [0.2, 0.25) is 0 Å². The summed E-state index contributed by atoms with van der Waals surface area (Å²) in [6, 6.07) is 8.52. The SMILES string of the molecule is CSCCCCNc1cccc(-c2csc(C)n2)c1. The molecule has 0 radical (unpaired) electrons. The number of thioether (sulfide) groups is 1. The quantitative estimate of drug-likeness (QED) is 0.750. The maximum absolute atomic E-state index is 4.53. The summed E-state index contributed by atoms with van der Waals surface area (Å²) in [5, 5.41) is 6.72. The van der Waals surface area contributed by atoms with Crippen LogP contribution in [-0.4, -0.2) is 23.5 Å². The molecule has 2 aromatic rings. The number of unbranched alkanes of at least 4 members (excludes halogenated alkanes) is 1. The van der Waals surface area contributed by atoms with E-state index in [1.165, 1.54) is 29.8 Å². The Balaban J connectivity index is 1.92. The summed E-state index contributed by atoms with van der Waals surface area (Å²) in [5.74, 6) is 1.25. The Kier molecular flexibility index (Phi) is 5.73. The fourth-order valence-corrected chi connectivity index (χ4v) is 3.00. The standard InChI is InChI=1S/C15H20N2S2/c1-12-17-15(11-19-12)13-6-5-7-14(10-13)16-8-3-4-9-18-2/h5-7,10-11,16H,3-4,8-9H2,1-2H3. The van der Waals surface area contributed by atoms with Gasteiger partial charge in [-0.2, -0.15) is 11.8 Å². The van der Waals surface area contributed by atoms with Gasteiger partial charge in [0.05, 0.1) is 10.7 Å². The lowest BCUT2D eigenvalue weighted by molar-refractivity contribution is 0.843. The third-order valence-corrected chi connectivity index (χ3v) is 4.35. The Hall–Kier alpha value is -1.00. The summed E-state index contributed by atoms with van der Waals surface area (Å²) < 4.78 is 0. The van der Waals surface area contributed by atoms with Gasteiger partial charge in [-0.3, -0.25) is 0 Å². The van der Waals surface area contributed by atoms with Crippen molar-refractivity contribution in [3.63, 3.8) is 0 Å². The molecular weight excluding hydrogens is 272 g/mol. The van der Waals surface area contributed by atoms with E-state index in [2.05, 4.69) is 46.2 Å². The van der Waals surface area contributed by atoms with Gasteiger partial charge in [0.25, 0.3) is 0 Å². The first kappa shape index (κ1) is 14.4. The van der Waals surface area contributed by atoms with Gasteiger partial charge in [-0.25, -0.2) is 4.98 Å². The summed E-state index contributed by atoms with van der Waals surface area (Å²) in [5.41, 5.74) is 3.46. The third-order valence-electron chi connectivity index (χ3n) is 2.88. The van der Waals surface area contributed by atoms with Crippen LogP contribution >= 0.6 is 23.1 Å². The van der Waals surface area contributed by atoms with Crippen molar-refractivity contribution in [3.8, 4) is 11.3 Å². The van der Waals surface area contributed by atoms with E-state index in [9.17, 15) is 0 Å². The Morgan fingerprint density at radius 1 is 1.32 bits per heavy atom. The molecule has 0 saturated heterocycles. The Morgan fingerprint density at radius 2 is 2.21 bits per heavy atom. The molecule has 0 unspecified atom stereocenters. The second kappa shape index (κ2) is 7.56. The first-order chi connectivity index (χ1) is 9.29. The summed E-state index contributed by atoms with van der Waals surface area (Å²) in [6.45, 7) is 3.09. The molecule has 0 saturated carbocycles. The lowest BCUT2D eigenvalue weighted by Gasteiger charge is -2.07. The van der Waals surface area contributed by atoms with Gasteiger partial charge in [-0.15, -0.1) is 11.3 Å². The number of rotatable bonds is 7. The molecule has 1 heterocycles. The van der Waals surface area contributed by atoms with Crippen molar-refractivity contribution in [3.05, 3.63) is 34.7 Å². The number of thiazole rings is 1. The number of benzene rings is 1. The van der Waals surface area contributed by atoms with E-state index >= 15 is 0 Å². The van der Waals surface area contributed by atoms with E-state index < -0.39 is 0 Å². The molecule has 1 aromatic heterocycles. The molecule has 0 aliphatic heterocycles. The lowest BCUT2D eigenvalue weighted by atomic mass is 10.1. The molecule has 102 valence electrons. The Morgan fingerprint density at radius 3 is 2.95 bits per heavy atom. The van der Waals surface area contributed by atoms with Crippen LogP contribution in [-0.2, 0) is 0 Å². The first-order valence-corrected chi connectivity index (χ1v) is 8.82. The highest BCUT2D eigenvalue weighted by Gasteiger charge is 2.02. The predicted octanol–water partition coefficient (Wildman–Crippen LogP) is 4.67. The normalized spacial score (nSPS) is 10.6. The Bertz CT molecular complexity index is 508. The fraction of sp³-hybridized carbons (Fsp3) is 0.400. The van der Waals surface area contributed by atoms with Crippen LogP contribution in [0.5, 0.6) is 0 Å². The number of aromatic nitrogens is 1. The zero-order valence-electron chi connectivity index (χ0n) is 11.5. The average molecular weight is 292 g/mol. The zero-order chi connectivity index (χ0) is 13.5. The molecule has 19 heavy (non-hydrogen) atoms. The zero-order valence-corrected chi connectivity index (χ0v) is 13.1. The molecule has 2 nitrogen and oxygen atoms in total. The second-order valence-corrected chi connectivity index (χ2v) is 6.51. The van der Waals surface area contributed by atoms with Gasteiger partial charge in [-0.05, 0) is 43.9 Å². The highest BCUT2D eigenvalue weighted by Crippen LogP contribution is 2.24. The smallest absolute Gasteiger partial charge is 0.0901 e. The van der Waals surface area contributed by atoms with Crippen LogP contribution in [0.25, 0.3) is 11.3 Å². The molecule has 0 fully saturated rings. The second-order valence-electron chi connectivity index (χ2n) is 4.46. The summed E-state index contributed by atoms with van der Waals surface area (Å²) in [4.78, 5) is 4.53. The minimum Gasteiger partial charge on any atom is -0.385 e. The number of nitrogens with one attached hydrogen (secondary N) is 1. The van der Waals surface area contributed by atoms with Gasteiger partial charge >= 0.3 is 0 Å². The van der Waals surface area contributed by atoms with Gasteiger partial charge in [0, 0.05) is 23.2 Å². The topological polar surface area (TPSA) is 24.9 Å². The first-order valence-electron chi connectivity index (χ1n) is 6.55. The molecule has 1 N–H and O–H groups in total. The summed E-state index contributed by atoms with van der Waals surface area (Å²) in [7, 11) is 0. The summed E-state index contributed by atoms with van der Waals surface area (Å²) in [6.07, 6.45) is 4.66. The molecule has 2 rings (SSSR count). The van der Waals surface area contributed by atoms with Crippen molar-refractivity contribution in [2.45, 2.75) is 19.8 Å². The lowest BCUT2D eigenvalue weighted by Crippen LogP contribution is -2.01. The van der Waals surface area contributed by atoms with Crippen LogP contribution in [0.4, 0.5) is 5.69 Å². The number of hydrogen-bond acceptors (Lipinski definition) is 4. The van der Waals surface area contributed by atoms with Gasteiger partial charge in [0.1, 0.15) is 0 Å².